The van der Waals surface area contributed by atoms with E-state index in [2.05, 4.69) is 37.1 Å². The zero-order chi connectivity index (χ0) is 30.0. The number of benzene rings is 1. The summed E-state index contributed by atoms with van der Waals surface area (Å²) in [5.41, 5.74) is 2.57. The topological polar surface area (TPSA) is 76.1 Å². The molecule has 1 aromatic rings. The van der Waals surface area contributed by atoms with Crippen LogP contribution in [-0.4, -0.2) is 54.6 Å². The highest BCUT2D eigenvalue weighted by Crippen LogP contribution is 2.63. The molecule has 1 spiro atoms. The van der Waals surface area contributed by atoms with Crippen molar-refractivity contribution >= 4 is 11.8 Å². The minimum absolute atomic E-state index is 0.0933. The number of ether oxygens (including phenoxy) is 2. The van der Waals surface area contributed by atoms with Crippen molar-refractivity contribution in [2.24, 2.45) is 5.92 Å². The monoisotopic (exact) mass is 581 g/mol. The van der Waals surface area contributed by atoms with E-state index < -0.39 is 5.97 Å². The lowest BCUT2D eigenvalue weighted by Gasteiger charge is -2.57. The summed E-state index contributed by atoms with van der Waals surface area (Å²) < 4.78 is 11.8. The number of allylic oxidation sites excluding steroid dienone is 2. The number of nitrogens with zero attached hydrogens (tertiary/aromatic N) is 1. The Morgan fingerprint density at radius 2 is 1.71 bits per heavy atom. The predicted octanol–water partition coefficient (Wildman–Crippen LogP) is 8.04. The average molecular weight is 582 g/mol. The number of piperidine rings is 1. The van der Waals surface area contributed by atoms with Gasteiger partial charge in [0, 0.05) is 29.9 Å². The van der Waals surface area contributed by atoms with Gasteiger partial charge in [0.05, 0.1) is 7.11 Å². The van der Waals surface area contributed by atoms with Crippen LogP contribution in [0.15, 0.2) is 24.3 Å². The number of likely N-dealkylation sites (tertiary alicyclic amines) is 1. The van der Waals surface area contributed by atoms with E-state index >= 15 is 0 Å². The number of carbonyl (C=O) groups excluding carboxylic acids is 1. The largest absolute Gasteiger partial charge is 0.493 e. The van der Waals surface area contributed by atoms with Gasteiger partial charge in [-0.1, -0.05) is 76.5 Å². The lowest BCUT2D eigenvalue weighted by atomic mass is 9.52. The van der Waals surface area contributed by atoms with Crippen LogP contribution in [0.25, 0.3) is 0 Å². The second-order valence-corrected chi connectivity index (χ2v) is 13.0. The van der Waals surface area contributed by atoms with Crippen LogP contribution in [0.5, 0.6) is 11.5 Å². The molecule has 0 aromatic heterocycles. The van der Waals surface area contributed by atoms with Gasteiger partial charge in [0.2, 0.25) is 0 Å². The molecule has 1 N–H and O–H groups in total. The number of unbranched alkanes of at least 4 members (excludes halogenated alkanes) is 11. The van der Waals surface area contributed by atoms with Gasteiger partial charge in [-0.25, -0.2) is 0 Å². The summed E-state index contributed by atoms with van der Waals surface area (Å²) >= 11 is 0. The van der Waals surface area contributed by atoms with Crippen LogP contribution in [0.4, 0.5) is 0 Å². The molecule has 0 amide bonds. The normalized spacial score (nSPS) is 25.5. The Bertz CT molecular complexity index is 1070. The molecule has 0 unspecified atom stereocenters. The van der Waals surface area contributed by atoms with E-state index in [-0.39, 0.29) is 17.3 Å². The number of carboxylic acids is 1. The fourth-order valence-electron chi connectivity index (χ4n) is 8.02. The van der Waals surface area contributed by atoms with E-state index in [1.54, 1.807) is 7.11 Å². The van der Waals surface area contributed by atoms with Crippen LogP contribution >= 0.6 is 0 Å². The van der Waals surface area contributed by atoms with Crippen LogP contribution in [0.1, 0.15) is 127 Å². The molecule has 234 valence electrons. The summed E-state index contributed by atoms with van der Waals surface area (Å²) in [4.78, 5) is 25.4. The molecule has 5 rings (SSSR count). The zero-order valence-electron chi connectivity index (χ0n) is 26.5. The lowest BCUT2D eigenvalue weighted by Crippen LogP contribution is -2.65. The number of hydrogen-bond donors (Lipinski definition) is 1. The van der Waals surface area contributed by atoms with Gasteiger partial charge in [-0.2, -0.15) is 0 Å². The van der Waals surface area contributed by atoms with Crippen molar-refractivity contribution in [2.75, 3.05) is 20.7 Å². The first-order chi connectivity index (χ1) is 20.4. The molecule has 2 aliphatic heterocycles. The molecular formula is C36H55NO5. The molecule has 42 heavy (non-hydrogen) atoms. The molecule has 6 nitrogen and oxygen atoms in total. The highest BCUT2D eigenvalue weighted by atomic mass is 16.5. The molecule has 0 radical (unpaired) electrons. The van der Waals surface area contributed by atoms with Crippen LogP contribution in [0.3, 0.4) is 0 Å². The smallest absolute Gasteiger partial charge is 0.303 e. The number of carbonyl (C=O) groups is 2. The van der Waals surface area contributed by atoms with Gasteiger partial charge in [-0.05, 0) is 82.5 Å². The minimum Gasteiger partial charge on any atom is -0.493 e. The number of methoxy groups -OCH3 is 1. The number of likely N-dealkylation sites (N-methyl/N-ethyl adjacent to an activating group) is 1. The Morgan fingerprint density at radius 1 is 1.05 bits per heavy atom. The van der Waals surface area contributed by atoms with E-state index in [0.29, 0.717) is 24.8 Å². The predicted molar refractivity (Wildman–Crippen MR) is 169 cm³/mol. The summed E-state index contributed by atoms with van der Waals surface area (Å²) in [6.45, 7) is 3.30. The average Bonchev–Trinajstić information content (AvgIpc) is 3.34. The molecular weight excluding hydrogens is 526 g/mol. The van der Waals surface area contributed by atoms with Gasteiger partial charge >= 0.3 is 5.97 Å². The molecule has 6 heteroatoms. The number of aliphatic carboxylic acids is 1. The standard InChI is InChI=1S/C18H21NO3.C18H34O2/c1-19-8-7-18-11-4-5-13(20)17(18)22-16-14(21-2)6-3-10(15(16)18)9-12(11)19;1-2-3-4-5-6-7-8-9-10-11-12-13-14-15-16-17-18(19)20/h3,6,11-12,17H,4-5,7-9H2,1-2H3;9-10H,2-8,11-17H2,1H3,(H,19,20)/b;10-9-/t11-,12+,17-,18-;/m0./s1. The van der Waals surface area contributed by atoms with Crippen molar-refractivity contribution in [3.05, 3.63) is 35.4 Å². The second-order valence-electron chi connectivity index (χ2n) is 13.0. The number of rotatable bonds is 16. The first-order valence-electron chi connectivity index (χ1n) is 16.9. The van der Waals surface area contributed by atoms with E-state index in [1.165, 1.54) is 81.8 Å². The SMILES string of the molecule is CCCCCCCC/C=C\CCCCCCCC(=O)O.COc1ccc2c3c1O[C@H]1C(=O)CC[C@H]4[C@@H](C2)N(C)CC[C@]314. The molecule has 4 aliphatic rings. The Balaban J connectivity index is 0.000000195. The molecule has 1 saturated carbocycles. The maximum atomic E-state index is 12.6. The van der Waals surface area contributed by atoms with Gasteiger partial charge in [0.15, 0.2) is 23.4 Å². The van der Waals surface area contributed by atoms with Gasteiger partial charge in [-0.3, -0.25) is 9.59 Å². The first kappa shape index (κ1) is 32.6. The fraction of sp³-hybridized carbons (Fsp3) is 0.722. The summed E-state index contributed by atoms with van der Waals surface area (Å²) in [6.07, 6.45) is 24.7. The molecule has 1 aromatic carbocycles. The Labute approximate surface area is 254 Å². The van der Waals surface area contributed by atoms with Gasteiger partial charge in [-0.15, -0.1) is 0 Å². The van der Waals surface area contributed by atoms with Crippen molar-refractivity contribution in [2.45, 2.75) is 140 Å². The second kappa shape index (κ2) is 15.9. The van der Waals surface area contributed by atoms with Crippen LogP contribution in [0, 0.1) is 5.92 Å². The lowest BCUT2D eigenvalue weighted by molar-refractivity contribution is -0.138. The van der Waals surface area contributed by atoms with Crippen LogP contribution < -0.4 is 9.47 Å². The van der Waals surface area contributed by atoms with Crippen molar-refractivity contribution in [1.82, 2.24) is 4.90 Å². The van der Waals surface area contributed by atoms with E-state index in [1.807, 2.05) is 6.07 Å². The van der Waals surface area contributed by atoms with Gasteiger partial charge < -0.3 is 19.5 Å². The third-order valence-electron chi connectivity index (χ3n) is 10.2. The molecule has 2 heterocycles. The summed E-state index contributed by atoms with van der Waals surface area (Å²) in [5.74, 6) is 1.79. The molecule has 2 fully saturated rings. The third kappa shape index (κ3) is 7.41. The summed E-state index contributed by atoms with van der Waals surface area (Å²) in [6, 6.07) is 4.73. The number of carboxylic acid groups (broad SMARTS) is 1. The van der Waals surface area contributed by atoms with E-state index in [9.17, 15) is 9.59 Å². The first-order valence-corrected chi connectivity index (χ1v) is 16.9. The Kier molecular flexibility index (Phi) is 12.4. The summed E-state index contributed by atoms with van der Waals surface area (Å²) in [7, 11) is 3.91. The highest BCUT2D eigenvalue weighted by Gasteiger charge is 2.65. The maximum Gasteiger partial charge on any atom is 0.303 e. The van der Waals surface area contributed by atoms with Crippen molar-refractivity contribution in [3.63, 3.8) is 0 Å². The van der Waals surface area contributed by atoms with E-state index in [0.717, 1.165) is 50.1 Å². The maximum absolute atomic E-state index is 12.6. The quantitative estimate of drug-likeness (QED) is 0.157. The van der Waals surface area contributed by atoms with Crippen molar-refractivity contribution in [1.29, 1.82) is 0 Å². The number of hydrogen-bond acceptors (Lipinski definition) is 5. The van der Waals surface area contributed by atoms with Gasteiger partial charge in [0.25, 0.3) is 0 Å². The van der Waals surface area contributed by atoms with Crippen molar-refractivity contribution < 1.29 is 24.2 Å². The van der Waals surface area contributed by atoms with Crippen molar-refractivity contribution in [3.8, 4) is 11.5 Å². The van der Waals surface area contributed by atoms with Crippen LogP contribution in [0.2, 0.25) is 0 Å². The van der Waals surface area contributed by atoms with Crippen LogP contribution in [-0.2, 0) is 21.4 Å². The number of Topliss-reactive ketones (excluding diaryl/α,β-unsaturated/α-hetero) is 1. The molecule has 1 saturated heterocycles. The van der Waals surface area contributed by atoms with E-state index in [4.69, 9.17) is 14.6 Å². The molecule has 2 bridgehead atoms. The number of ketones is 1. The minimum atomic E-state index is -0.664. The third-order valence-corrected chi connectivity index (χ3v) is 10.2. The fourth-order valence-corrected chi connectivity index (χ4v) is 8.02. The Morgan fingerprint density at radius 3 is 2.38 bits per heavy atom. The molecule has 2 aliphatic carbocycles. The Hall–Kier alpha value is -2.34. The van der Waals surface area contributed by atoms with Gasteiger partial charge in [0.1, 0.15) is 0 Å². The molecule has 4 atom stereocenters. The summed E-state index contributed by atoms with van der Waals surface area (Å²) in [5, 5.41) is 8.51. The zero-order valence-corrected chi connectivity index (χ0v) is 26.5. The highest BCUT2D eigenvalue weighted by molar-refractivity contribution is 5.89.